The van der Waals surface area contributed by atoms with Crippen LogP contribution in [0, 0.1) is 5.41 Å². The predicted octanol–water partition coefficient (Wildman–Crippen LogP) is 2.66. The third-order valence-corrected chi connectivity index (χ3v) is 6.61. The molecule has 1 aromatic carbocycles. The molecule has 0 aromatic heterocycles. The van der Waals surface area contributed by atoms with Gasteiger partial charge in [0.05, 0.1) is 6.54 Å². The predicted molar refractivity (Wildman–Crippen MR) is 133 cm³/mol. The van der Waals surface area contributed by atoms with Crippen molar-refractivity contribution < 1.29 is 20.5 Å². The van der Waals surface area contributed by atoms with E-state index in [9.17, 15) is 9.59 Å². The van der Waals surface area contributed by atoms with E-state index in [0.29, 0.717) is 23.1 Å². The molecule has 9 N–H and O–H groups in total. The first-order valence-corrected chi connectivity index (χ1v) is 12.0. The minimum atomic E-state index is -0.412. The number of rotatable bonds is 6. The van der Waals surface area contributed by atoms with Crippen LogP contribution < -0.4 is 32.4 Å². The van der Waals surface area contributed by atoms with E-state index >= 15 is 0 Å². The van der Waals surface area contributed by atoms with Gasteiger partial charge in [0, 0.05) is 19.1 Å². The van der Waals surface area contributed by atoms with Gasteiger partial charge in [0.2, 0.25) is 18.6 Å². The smallest absolute Gasteiger partial charge is 0.242 e. The highest BCUT2D eigenvalue weighted by molar-refractivity contribution is 5.95. The largest absolute Gasteiger partial charge is 0.454 e. The summed E-state index contributed by atoms with van der Waals surface area (Å²) >= 11 is 0. The Bertz CT molecular complexity index is 843. The van der Waals surface area contributed by atoms with Crippen molar-refractivity contribution in [3.8, 4) is 11.5 Å². The molecular formula is C24H42N6O4. The second kappa shape index (κ2) is 13.1. The molecule has 1 aromatic rings. The number of amides is 2. The maximum atomic E-state index is 12.5. The summed E-state index contributed by atoms with van der Waals surface area (Å²) in [6.45, 7) is 2.07. The number of nitrogens with zero attached hydrogens (tertiary/aromatic N) is 1. The average Bonchev–Trinajstić information content (AvgIpc) is 3.51. The molecule has 0 unspecified atom stereocenters. The first-order chi connectivity index (χ1) is 15.9. The Morgan fingerprint density at radius 2 is 1.74 bits per heavy atom. The maximum absolute atomic E-state index is 12.5. The standard InChI is InChI=1S/C16H29N3O2.C8H8N2O2.H3N.H2/c1-12(16(21)18-13-7-5-6-8-13)19(15(20)11-17)14-9-3-2-4-10-14;9-8(10)5-1-2-6-7(3-5)12-4-11-6;;/h12-14H,2-11,17H2,1H3,(H,18,21);1-3H,4H2,(H3,9,10);1H3;1H/t12-;;;/m1.../s1. The number of benzene rings is 1. The molecule has 1 aliphatic heterocycles. The molecule has 0 bridgehead atoms. The van der Waals surface area contributed by atoms with Crippen molar-refractivity contribution in [1.29, 1.82) is 5.41 Å². The summed E-state index contributed by atoms with van der Waals surface area (Å²) < 4.78 is 10.2. The number of nitrogens with two attached hydrogens (primary N) is 2. The number of nitrogens with one attached hydrogen (secondary N) is 2. The first kappa shape index (κ1) is 27.4. The summed E-state index contributed by atoms with van der Waals surface area (Å²) in [4.78, 5) is 26.4. The molecule has 10 heteroatoms. The van der Waals surface area contributed by atoms with Gasteiger partial charge in [0.15, 0.2) is 11.5 Å². The minimum absolute atomic E-state index is 0. The van der Waals surface area contributed by atoms with E-state index in [-0.39, 0.29) is 44.6 Å². The fourth-order valence-corrected chi connectivity index (χ4v) is 4.78. The topological polar surface area (TPSA) is 179 Å². The maximum Gasteiger partial charge on any atom is 0.242 e. The lowest BCUT2D eigenvalue weighted by Crippen LogP contribution is -2.55. The molecule has 0 spiro atoms. The van der Waals surface area contributed by atoms with Gasteiger partial charge in [-0.2, -0.15) is 0 Å². The van der Waals surface area contributed by atoms with Crippen LogP contribution >= 0.6 is 0 Å². The van der Waals surface area contributed by atoms with E-state index in [0.717, 1.165) is 38.5 Å². The summed E-state index contributed by atoms with van der Waals surface area (Å²) in [7, 11) is 0. The highest BCUT2D eigenvalue weighted by Crippen LogP contribution is 2.32. The first-order valence-electron chi connectivity index (χ1n) is 12.0. The number of fused-ring (bicyclic) bond motifs is 1. The fraction of sp³-hybridized carbons (Fsp3) is 0.625. The number of hydrogen-bond donors (Lipinski definition) is 5. The SMILES string of the molecule is C[C@H](C(=O)NC1CCCC1)N(C(=O)CN)C1CCCCC1.N.N=C(N)c1ccc2c(c1)OCO2.[HH]. The molecule has 10 nitrogen and oxygen atoms in total. The lowest BCUT2D eigenvalue weighted by molar-refractivity contribution is -0.142. The van der Waals surface area contributed by atoms with E-state index in [1.165, 1.54) is 19.3 Å². The molecule has 2 aliphatic carbocycles. The number of nitrogen functional groups attached to an aromatic ring is 1. The minimum Gasteiger partial charge on any atom is -0.454 e. The lowest BCUT2D eigenvalue weighted by Gasteiger charge is -2.38. The molecule has 4 rings (SSSR count). The average molecular weight is 479 g/mol. The van der Waals surface area contributed by atoms with Gasteiger partial charge in [-0.3, -0.25) is 15.0 Å². The molecule has 1 atom stereocenters. The molecule has 1 heterocycles. The number of carbonyl (C=O) groups excluding carboxylic acids is 2. The van der Waals surface area contributed by atoms with Crippen molar-refractivity contribution >= 4 is 17.6 Å². The summed E-state index contributed by atoms with van der Waals surface area (Å²) in [6.07, 6.45) is 9.98. The van der Waals surface area contributed by atoms with E-state index in [1.807, 2.05) is 6.92 Å². The quantitative estimate of drug-likeness (QED) is 0.308. The van der Waals surface area contributed by atoms with Crippen molar-refractivity contribution in [3.05, 3.63) is 23.8 Å². The number of hydrogen-bond acceptors (Lipinski definition) is 7. The van der Waals surface area contributed by atoms with Gasteiger partial charge in [0.1, 0.15) is 11.9 Å². The van der Waals surface area contributed by atoms with Gasteiger partial charge in [-0.05, 0) is 50.8 Å². The summed E-state index contributed by atoms with van der Waals surface area (Å²) in [6, 6.07) is 5.24. The van der Waals surface area contributed by atoms with Crippen LogP contribution in [0.3, 0.4) is 0 Å². The Labute approximate surface area is 203 Å². The third kappa shape index (κ3) is 7.07. The van der Waals surface area contributed by atoms with Crippen LogP contribution in [0.2, 0.25) is 0 Å². The molecule has 34 heavy (non-hydrogen) atoms. The van der Waals surface area contributed by atoms with Gasteiger partial charge < -0.3 is 37.3 Å². The Morgan fingerprint density at radius 1 is 1.12 bits per heavy atom. The second-order valence-corrected chi connectivity index (χ2v) is 8.94. The van der Waals surface area contributed by atoms with Crippen molar-refractivity contribution in [1.82, 2.24) is 16.4 Å². The van der Waals surface area contributed by atoms with Crippen molar-refractivity contribution in [2.45, 2.75) is 82.8 Å². The van der Waals surface area contributed by atoms with Gasteiger partial charge in [-0.15, -0.1) is 0 Å². The van der Waals surface area contributed by atoms with Crippen molar-refractivity contribution in [2.75, 3.05) is 13.3 Å². The summed E-state index contributed by atoms with van der Waals surface area (Å²) in [5.41, 5.74) is 11.5. The van der Waals surface area contributed by atoms with Crippen LogP contribution in [0.15, 0.2) is 18.2 Å². The van der Waals surface area contributed by atoms with Crippen LogP contribution in [-0.2, 0) is 9.59 Å². The Hall–Kier alpha value is -2.85. The number of ether oxygens (including phenoxy) is 2. The van der Waals surface area contributed by atoms with Crippen molar-refractivity contribution in [2.24, 2.45) is 11.5 Å². The summed E-state index contributed by atoms with van der Waals surface area (Å²) in [5, 5.41) is 10.3. The van der Waals surface area contributed by atoms with E-state index in [4.69, 9.17) is 26.4 Å². The molecule has 2 amide bonds. The Balaban J connectivity index is 0.000000374. The fourth-order valence-electron chi connectivity index (χ4n) is 4.78. The van der Waals surface area contributed by atoms with E-state index in [1.54, 1.807) is 23.1 Å². The monoisotopic (exact) mass is 478 g/mol. The molecular weight excluding hydrogens is 436 g/mol. The Morgan fingerprint density at radius 3 is 2.35 bits per heavy atom. The Kier molecular flexibility index (Phi) is 10.6. The molecule has 192 valence electrons. The zero-order valence-electron chi connectivity index (χ0n) is 20.2. The van der Waals surface area contributed by atoms with Crippen LogP contribution in [-0.4, -0.2) is 54.0 Å². The van der Waals surface area contributed by atoms with Crippen LogP contribution in [0.25, 0.3) is 0 Å². The van der Waals surface area contributed by atoms with E-state index < -0.39 is 6.04 Å². The lowest BCUT2D eigenvalue weighted by atomic mass is 9.93. The van der Waals surface area contributed by atoms with Crippen LogP contribution in [0.4, 0.5) is 0 Å². The molecule has 2 fully saturated rings. The highest BCUT2D eigenvalue weighted by Gasteiger charge is 2.33. The molecule has 3 aliphatic rings. The summed E-state index contributed by atoms with van der Waals surface area (Å²) in [5.74, 6) is 1.28. The third-order valence-electron chi connectivity index (χ3n) is 6.61. The zero-order valence-corrected chi connectivity index (χ0v) is 20.2. The van der Waals surface area contributed by atoms with Gasteiger partial charge in [-0.1, -0.05) is 32.1 Å². The van der Waals surface area contributed by atoms with Crippen LogP contribution in [0.1, 0.15) is 71.7 Å². The molecule has 0 radical (unpaired) electrons. The van der Waals surface area contributed by atoms with Crippen LogP contribution in [0.5, 0.6) is 11.5 Å². The van der Waals surface area contributed by atoms with E-state index in [2.05, 4.69) is 5.32 Å². The normalized spacial score (nSPS) is 18.2. The van der Waals surface area contributed by atoms with Gasteiger partial charge >= 0.3 is 0 Å². The number of carbonyl (C=O) groups is 2. The number of amidine groups is 1. The highest BCUT2D eigenvalue weighted by atomic mass is 16.7. The van der Waals surface area contributed by atoms with Crippen molar-refractivity contribution in [3.63, 3.8) is 0 Å². The zero-order chi connectivity index (χ0) is 23.8. The van der Waals surface area contributed by atoms with Gasteiger partial charge in [0.25, 0.3) is 0 Å². The second-order valence-electron chi connectivity index (χ2n) is 8.94. The molecule has 0 saturated heterocycles. The van der Waals surface area contributed by atoms with Gasteiger partial charge in [-0.25, -0.2) is 0 Å². The molecule has 2 saturated carbocycles.